The van der Waals surface area contributed by atoms with Crippen molar-refractivity contribution in [3.8, 4) is 0 Å². The molecule has 1 aliphatic heterocycles. The number of hydrogen-bond acceptors (Lipinski definition) is 3. The van der Waals surface area contributed by atoms with Crippen LogP contribution in [0, 0.1) is 17.5 Å². The summed E-state index contributed by atoms with van der Waals surface area (Å²) in [5.41, 5.74) is 5.34. The first kappa shape index (κ1) is 22.3. The third-order valence-electron chi connectivity index (χ3n) is 4.17. The summed E-state index contributed by atoms with van der Waals surface area (Å²) < 4.78 is 78.9. The Labute approximate surface area is 162 Å². The average Bonchev–Trinajstić information content (AvgIpc) is 2.60. The van der Waals surface area contributed by atoms with Gasteiger partial charge in [-0.15, -0.1) is 0 Å². The van der Waals surface area contributed by atoms with Crippen LogP contribution in [0.5, 0.6) is 0 Å². The fraction of sp³-hybridized carbons (Fsp3) is 0.333. The zero-order valence-corrected chi connectivity index (χ0v) is 15.4. The van der Waals surface area contributed by atoms with E-state index in [4.69, 9.17) is 5.73 Å². The van der Waals surface area contributed by atoms with Gasteiger partial charge in [-0.1, -0.05) is 6.58 Å². The maximum absolute atomic E-state index is 13.7. The highest BCUT2D eigenvalue weighted by atomic mass is 19.4. The number of carbonyl (C=O) groups excluding carboxylic acids is 1. The molecule has 0 atom stereocenters. The molecule has 0 saturated carbocycles. The molecule has 2 rings (SSSR count). The number of hydrogen-bond donors (Lipinski definition) is 1. The molecule has 0 aliphatic carbocycles. The third-order valence-corrected chi connectivity index (χ3v) is 4.17. The standard InChI is InChI=1S/C18H18F6N4O/c1-10-9-27(3-4-28(10)17(26-2)18(22,23)24)16(29)7-12(25)5-11-6-14(20)15(21)8-13(11)19/h6-8H,1,3-5,9,25H2,2H3/b12-7-,26-17?. The van der Waals surface area contributed by atoms with Crippen molar-refractivity contribution in [2.45, 2.75) is 12.6 Å². The molecule has 11 heteroatoms. The molecule has 158 valence electrons. The largest absolute Gasteiger partial charge is 0.449 e. The Morgan fingerprint density at radius 2 is 1.83 bits per heavy atom. The summed E-state index contributed by atoms with van der Waals surface area (Å²) in [7, 11) is 1.01. The number of aliphatic imine (C=N–C) groups is 1. The Kier molecular flexibility index (Phi) is 6.60. The van der Waals surface area contributed by atoms with Gasteiger partial charge in [-0.3, -0.25) is 9.79 Å². The number of halogens is 6. The van der Waals surface area contributed by atoms with Gasteiger partial charge >= 0.3 is 6.18 Å². The van der Waals surface area contributed by atoms with E-state index in [0.717, 1.165) is 18.0 Å². The van der Waals surface area contributed by atoms with Crippen molar-refractivity contribution in [3.05, 3.63) is 59.2 Å². The van der Waals surface area contributed by atoms with E-state index >= 15 is 0 Å². The fourth-order valence-corrected chi connectivity index (χ4v) is 2.83. The van der Waals surface area contributed by atoms with Crippen LogP contribution in [0.15, 0.2) is 41.2 Å². The number of piperazine rings is 1. The number of amides is 1. The molecule has 0 unspecified atom stereocenters. The van der Waals surface area contributed by atoms with Gasteiger partial charge in [-0.05, 0) is 11.6 Å². The maximum atomic E-state index is 13.7. The van der Waals surface area contributed by atoms with Crippen LogP contribution in [0.4, 0.5) is 26.3 Å². The summed E-state index contributed by atoms with van der Waals surface area (Å²) in [6, 6.07) is 1.01. The van der Waals surface area contributed by atoms with Crippen molar-refractivity contribution < 1.29 is 31.1 Å². The van der Waals surface area contributed by atoms with E-state index in [0.29, 0.717) is 12.1 Å². The van der Waals surface area contributed by atoms with Crippen molar-refractivity contribution in [2.75, 3.05) is 26.7 Å². The quantitative estimate of drug-likeness (QED) is 0.269. The lowest BCUT2D eigenvalue weighted by Gasteiger charge is -2.38. The number of alkyl halides is 3. The van der Waals surface area contributed by atoms with Crippen LogP contribution >= 0.6 is 0 Å². The Bertz CT molecular complexity index is 878. The lowest BCUT2D eigenvalue weighted by molar-refractivity contribution is -0.126. The molecule has 1 heterocycles. The van der Waals surface area contributed by atoms with E-state index in [1.54, 1.807) is 0 Å². The molecule has 1 aliphatic rings. The summed E-state index contributed by atoms with van der Waals surface area (Å²) in [4.78, 5) is 17.7. The first-order valence-electron chi connectivity index (χ1n) is 8.31. The molecule has 1 aromatic carbocycles. The Hall–Kier alpha value is -2.98. The summed E-state index contributed by atoms with van der Waals surface area (Å²) in [6.07, 6.45) is -4.05. The highest BCUT2D eigenvalue weighted by molar-refractivity contribution is 5.91. The Morgan fingerprint density at radius 3 is 2.38 bits per heavy atom. The van der Waals surface area contributed by atoms with Gasteiger partial charge in [0.25, 0.3) is 0 Å². The summed E-state index contributed by atoms with van der Waals surface area (Å²) in [5.74, 6) is -5.37. The summed E-state index contributed by atoms with van der Waals surface area (Å²) >= 11 is 0. The third kappa shape index (κ3) is 5.30. The molecule has 1 fully saturated rings. The van der Waals surface area contributed by atoms with Gasteiger partial charge in [0, 0.05) is 50.1 Å². The number of amidine groups is 1. The lowest BCUT2D eigenvalue weighted by atomic mass is 10.1. The van der Waals surface area contributed by atoms with Crippen LogP contribution in [-0.2, 0) is 11.2 Å². The van der Waals surface area contributed by atoms with Gasteiger partial charge in [0.1, 0.15) is 5.82 Å². The molecule has 0 bridgehead atoms. The van der Waals surface area contributed by atoms with Crippen LogP contribution in [0.2, 0.25) is 0 Å². The van der Waals surface area contributed by atoms with Crippen LogP contribution in [0.25, 0.3) is 0 Å². The molecular formula is C18H18F6N4O. The van der Waals surface area contributed by atoms with Gasteiger partial charge in [-0.2, -0.15) is 13.2 Å². The van der Waals surface area contributed by atoms with Gasteiger partial charge in [0.15, 0.2) is 11.6 Å². The molecule has 29 heavy (non-hydrogen) atoms. The van der Waals surface area contributed by atoms with Crippen molar-refractivity contribution in [1.82, 2.24) is 9.80 Å². The number of benzene rings is 1. The number of carbonyl (C=O) groups is 1. The molecule has 5 nitrogen and oxygen atoms in total. The minimum Gasteiger partial charge on any atom is -0.402 e. The molecule has 1 aromatic rings. The molecular weight excluding hydrogens is 402 g/mol. The highest BCUT2D eigenvalue weighted by Gasteiger charge is 2.41. The summed E-state index contributed by atoms with van der Waals surface area (Å²) in [6.45, 7) is 3.12. The van der Waals surface area contributed by atoms with Crippen LogP contribution in [-0.4, -0.2) is 54.4 Å². The number of allylic oxidation sites excluding steroid dienone is 1. The maximum Gasteiger partial charge on any atom is 0.449 e. The van der Waals surface area contributed by atoms with E-state index < -0.39 is 35.4 Å². The predicted octanol–water partition coefficient (Wildman–Crippen LogP) is 2.74. The van der Waals surface area contributed by atoms with Crippen molar-refractivity contribution in [1.29, 1.82) is 0 Å². The van der Waals surface area contributed by atoms with Crippen molar-refractivity contribution >= 4 is 11.7 Å². The number of rotatable bonds is 3. The second kappa shape index (κ2) is 8.58. The summed E-state index contributed by atoms with van der Waals surface area (Å²) in [5, 5.41) is 0. The van der Waals surface area contributed by atoms with E-state index in [-0.39, 0.29) is 43.0 Å². The highest BCUT2D eigenvalue weighted by Crippen LogP contribution is 2.24. The van der Waals surface area contributed by atoms with Crippen LogP contribution in [0.3, 0.4) is 0 Å². The van der Waals surface area contributed by atoms with Gasteiger partial charge in [-0.25, -0.2) is 13.2 Å². The van der Waals surface area contributed by atoms with E-state index in [2.05, 4.69) is 11.6 Å². The van der Waals surface area contributed by atoms with Crippen LogP contribution < -0.4 is 5.73 Å². The fourth-order valence-electron chi connectivity index (χ4n) is 2.83. The van der Waals surface area contributed by atoms with Crippen molar-refractivity contribution in [3.63, 3.8) is 0 Å². The van der Waals surface area contributed by atoms with E-state index in [1.165, 1.54) is 4.90 Å². The smallest absolute Gasteiger partial charge is 0.402 e. The minimum atomic E-state index is -4.66. The minimum absolute atomic E-state index is 0.0150. The molecule has 0 radical (unpaired) electrons. The molecule has 0 spiro atoms. The predicted molar refractivity (Wildman–Crippen MR) is 94.1 cm³/mol. The van der Waals surface area contributed by atoms with Gasteiger partial charge in [0.05, 0.1) is 6.54 Å². The van der Waals surface area contributed by atoms with Gasteiger partial charge < -0.3 is 15.5 Å². The number of nitrogens with zero attached hydrogens (tertiary/aromatic N) is 3. The van der Waals surface area contributed by atoms with Gasteiger partial charge in [0.2, 0.25) is 11.7 Å². The lowest BCUT2D eigenvalue weighted by Crippen LogP contribution is -2.52. The Balaban J connectivity index is 2.07. The zero-order valence-electron chi connectivity index (χ0n) is 15.4. The van der Waals surface area contributed by atoms with E-state index in [9.17, 15) is 31.1 Å². The zero-order chi connectivity index (χ0) is 21.9. The molecule has 1 saturated heterocycles. The normalized spacial score (nSPS) is 16.4. The Morgan fingerprint density at radius 1 is 1.21 bits per heavy atom. The monoisotopic (exact) mass is 420 g/mol. The SMILES string of the molecule is C=C1CN(C(=O)/C=C(\N)Cc2cc(F)c(F)cc2F)CCN1C(=NC)C(F)(F)F. The second-order valence-corrected chi connectivity index (χ2v) is 6.28. The molecule has 0 aromatic heterocycles. The van der Waals surface area contributed by atoms with Crippen LogP contribution in [0.1, 0.15) is 5.56 Å². The first-order valence-corrected chi connectivity index (χ1v) is 8.31. The average molecular weight is 420 g/mol. The topological polar surface area (TPSA) is 61.9 Å². The van der Waals surface area contributed by atoms with E-state index in [1.807, 2.05) is 0 Å². The second-order valence-electron chi connectivity index (χ2n) is 6.28. The molecule has 2 N–H and O–H groups in total. The number of nitrogens with two attached hydrogens (primary N) is 1. The first-order chi connectivity index (χ1) is 13.4. The molecule has 1 amide bonds. The van der Waals surface area contributed by atoms with Crippen molar-refractivity contribution in [2.24, 2.45) is 10.7 Å².